The molecule has 29 heavy (non-hydrogen) atoms. The van der Waals surface area contributed by atoms with Gasteiger partial charge in [0, 0.05) is 6.21 Å². The van der Waals surface area contributed by atoms with Gasteiger partial charge in [0.25, 0.3) is 0 Å². The lowest BCUT2D eigenvalue weighted by Crippen LogP contribution is -2.02. The molecular formula is C24H23FINO2. The number of halogens is 2. The number of ether oxygens (including phenoxy) is 2. The van der Waals surface area contributed by atoms with E-state index in [9.17, 15) is 4.39 Å². The van der Waals surface area contributed by atoms with E-state index < -0.39 is 0 Å². The predicted molar refractivity (Wildman–Crippen MR) is 124 cm³/mol. The van der Waals surface area contributed by atoms with Crippen LogP contribution in [0.3, 0.4) is 0 Å². The van der Waals surface area contributed by atoms with Gasteiger partial charge in [0.1, 0.15) is 12.4 Å². The average Bonchev–Trinajstić information content (AvgIpc) is 2.68. The molecule has 0 spiro atoms. The zero-order valence-electron chi connectivity index (χ0n) is 16.7. The zero-order valence-corrected chi connectivity index (χ0v) is 18.9. The van der Waals surface area contributed by atoms with E-state index in [0.717, 1.165) is 20.4 Å². The Morgan fingerprint density at radius 1 is 1.00 bits per heavy atom. The molecule has 0 N–H and O–H groups in total. The summed E-state index contributed by atoms with van der Waals surface area (Å²) >= 11 is 2.22. The number of hydrogen-bond donors (Lipinski definition) is 0. The van der Waals surface area contributed by atoms with Gasteiger partial charge in [-0.1, -0.05) is 18.2 Å². The molecule has 0 aliphatic carbocycles. The number of benzene rings is 3. The van der Waals surface area contributed by atoms with Crippen LogP contribution in [0.25, 0.3) is 0 Å². The highest BCUT2D eigenvalue weighted by Crippen LogP contribution is 2.34. The molecule has 5 heteroatoms. The number of nitrogens with zero attached hydrogens (tertiary/aromatic N) is 1. The second kappa shape index (κ2) is 9.87. The average molecular weight is 503 g/mol. The van der Waals surface area contributed by atoms with Crippen molar-refractivity contribution in [2.24, 2.45) is 4.99 Å². The molecule has 3 aromatic rings. The summed E-state index contributed by atoms with van der Waals surface area (Å²) in [5.41, 5.74) is 5.06. The van der Waals surface area contributed by atoms with E-state index in [1.54, 1.807) is 6.07 Å². The van der Waals surface area contributed by atoms with Crippen molar-refractivity contribution in [1.29, 1.82) is 0 Å². The fourth-order valence-corrected chi connectivity index (χ4v) is 3.58. The second-order valence-electron chi connectivity index (χ2n) is 6.71. The topological polar surface area (TPSA) is 30.8 Å². The van der Waals surface area contributed by atoms with Crippen molar-refractivity contribution >= 4 is 34.5 Å². The molecule has 0 atom stereocenters. The highest BCUT2D eigenvalue weighted by atomic mass is 127. The van der Waals surface area contributed by atoms with E-state index in [0.29, 0.717) is 18.1 Å². The number of aryl methyl sites for hydroxylation is 2. The van der Waals surface area contributed by atoms with E-state index in [2.05, 4.69) is 53.6 Å². The lowest BCUT2D eigenvalue weighted by Gasteiger charge is -2.15. The monoisotopic (exact) mass is 503 g/mol. The summed E-state index contributed by atoms with van der Waals surface area (Å²) in [5, 5.41) is 0. The molecule has 0 radical (unpaired) electrons. The van der Waals surface area contributed by atoms with Gasteiger partial charge in [-0.25, -0.2) is 4.39 Å². The Labute approximate surface area is 184 Å². The van der Waals surface area contributed by atoms with Gasteiger partial charge in [0.15, 0.2) is 11.5 Å². The highest BCUT2D eigenvalue weighted by molar-refractivity contribution is 14.1. The fourth-order valence-electron chi connectivity index (χ4n) is 2.80. The molecule has 0 heterocycles. The van der Waals surface area contributed by atoms with Gasteiger partial charge in [-0.2, -0.15) is 0 Å². The quantitative estimate of drug-likeness (QED) is 0.263. The summed E-state index contributed by atoms with van der Waals surface area (Å²) in [5.74, 6) is 1.03. The van der Waals surface area contributed by atoms with Crippen LogP contribution in [-0.2, 0) is 6.61 Å². The Morgan fingerprint density at radius 2 is 1.83 bits per heavy atom. The molecule has 0 bridgehead atoms. The molecule has 3 rings (SSSR count). The predicted octanol–water partition coefficient (Wildman–Crippen LogP) is 6.78. The molecule has 0 aliphatic rings. The van der Waals surface area contributed by atoms with Crippen LogP contribution in [0, 0.1) is 23.2 Å². The molecule has 3 nitrogen and oxygen atoms in total. The number of aliphatic imine (C=N–C) groups is 1. The lowest BCUT2D eigenvalue weighted by molar-refractivity contribution is 0.267. The van der Waals surface area contributed by atoms with Crippen LogP contribution in [0.4, 0.5) is 10.1 Å². The first kappa shape index (κ1) is 21.3. The highest BCUT2D eigenvalue weighted by Gasteiger charge is 2.12. The summed E-state index contributed by atoms with van der Waals surface area (Å²) in [6.07, 6.45) is 1.82. The number of hydrogen-bond acceptors (Lipinski definition) is 3. The van der Waals surface area contributed by atoms with Gasteiger partial charge in [-0.3, -0.25) is 4.99 Å². The summed E-state index contributed by atoms with van der Waals surface area (Å²) in [7, 11) is 0. The minimum Gasteiger partial charge on any atom is -0.490 e. The molecule has 150 valence electrons. The molecule has 0 saturated carbocycles. The molecule has 0 aromatic heterocycles. The summed E-state index contributed by atoms with van der Waals surface area (Å²) in [4.78, 5) is 4.59. The van der Waals surface area contributed by atoms with Crippen molar-refractivity contribution in [3.8, 4) is 11.5 Å². The first-order valence-corrected chi connectivity index (χ1v) is 10.5. The standard InChI is InChI=1S/C24H23FINO2/c1-4-28-23-13-19(14-27-21-9-8-16(2)17(3)10-21)12-22(26)24(23)29-15-18-6-5-7-20(25)11-18/h5-14H,4,15H2,1-3H3. The normalized spacial score (nSPS) is 11.1. The van der Waals surface area contributed by atoms with Crippen molar-refractivity contribution in [2.75, 3.05) is 6.61 Å². The van der Waals surface area contributed by atoms with E-state index >= 15 is 0 Å². The first-order chi connectivity index (χ1) is 14.0. The van der Waals surface area contributed by atoms with Gasteiger partial charge in [-0.15, -0.1) is 0 Å². The Balaban J connectivity index is 1.83. The van der Waals surface area contributed by atoms with Crippen molar-refractivity contribution in [3.63, 3.8) is 0 Å². The third kappa shape index (κ3) is 5.79. The minimum atomic E-state index is -0.274. The third-order valence-electron chi connectivity index (χ3n) is 4.46. The van der Waals surface area contributed by atoms with Gasteiger partial charge in [0.2, 0.25) is 0 Å². The van der Waals surface area contributed by atoms with Gasteiger partial charge in [-0.05, 0) is 102 Å². The van der Waals surface area contributed by atoms with Crippen LogP contribution >= 0.6 is 22.6 Å². The Kier molecular flexibility index (Phi) is 7.25. The first-order valence-electron chi connectivity index (χ1n) is 9.41. The van der Waals surface area contributed by atoms with Crippen LogP contribution in [0.15, 0.2) is 59.6 Å². The van der Waals surface area contributed by atoms with Crippen LogP contribution in [0.1, 0.15) is 29.2 Å². The lowest BCUT2D eigenvalue weighted by atomic mass is 10.1. The molecule has 0 aliphatic heterocycles. The maximum Gasteiger partial charge on any atom is 0.175 e. The maximum atomic E-state index is 13.4. The minimum absolute atomic E-state index is 0.268. The van der Waals surface area contributed by atoms with E-state index in [1.165, 1.54) is 23.3 Å². The smallest absolute Gasteiger partial charge is 0.175 e. The SMILES string of the molecule is CCOc1cc(C=Nc2ccc(C)c(C)c2)cc(I)c1OCc1cccc(F)c1. The number of rotatable bonds is 7. The fraction of sp³-hybridized carbons (Fsp3) is 0.208. The summed E-state index contributed by atoms with van der Waals surface area (Å²) in [6.45, 7) is 6.88. The van der Waals surface area contributed by atoms with E-state index in [-0.39, 0.29) is 12.4 Å². The molecule has 0 amide bonds. The Morgan fingerprint density at radius 3 is 2.55 bits per heavy atom. The zero-order chi connectivity index (χ0) is 20.8. The maximum absolute atomic E-state index is 13.4. The molecular weight excluding hydrogens is 480 g/mol. The van der Waals surface area contributed by atoms with E-state index in [4.69, 9.17) is 9.47 Å². The van der Waals surface area contributed by atoms with Crippen LogP contribution in [-0.4, -0.2) is 12.8 Å². The molecule has 0 unspecified atom stereocenters. The van der Waals surface area contributed by atoms with Crippen molar-refractivity contribution in [1.82, 2.24) is 0 Å². The van der Waals surface area contributed by atoms with Crippen molar-refractivity contribution in [2.45, 2.75) is 27.4 Å². The third-order valence-corrected chi connectivity index (χ3v) is 5.26. The van der Waals surface area contributed by atoms with Gasteiger partial charge >= 0.3 is 0 Å². The van der Waals surface area contributed by atoms with Crippen LogP contribution in [0.5, 0.6) is 11.5 Å². The van der Waals surface area contributed by atoms with Gasteiger partial charge in [0.05, 0.1) is 15.9 Å². The largest absolute Gasteiger partial charge is 0.490 e. The van der Waals surface area contributed by atoms with Crippen LogP contribution in [0.2, 0.25) is 0 Å². The summed E-state index contributed by atoms with van der Waals surface area (Å²) < 4.78 is 26.1. The second-order valence-corrected chi connectivity index (χ2v) is 7.87. The summed E-state index contributed by atoms with van der Waals surface area (Å²) in [6, 6.07) is 16.4. The van der Waals surface area contributed by atoms with Crippen molar-refractivity contribution in [3.05, 3.63) is 86.2 Å². The van der Waals surface area contributed by atoms with Crippen LogP contribution < -0.4 is 9.47 Å². The Bertz CT molecular complexity index is 1030. The van der Waals surface area contributed by atoms with Crippen molar-refractivity contribution < 1.29 is 13.9 Å². The molecule has 3 aromatic carbocycles. The van der Waals surface area contributed by atoms with Gasteiger partial charge < -0.3 is 9.47 Å². The molecule has 0 saturated heterocycles. The Hall–Kier alpha value is -2.41. The molecule has 0 fully saturated rings. The van der Waals surface area contributed by atoms with E-state index in [1.807, 2.05) is 37.4 Å².